The van der Waals surface area contributed by atoms with Crippen molar-refractivity contribution in [3.63, 3.8) is 0 Å². The Bertz CT molecular complexity index is 1810. The number of nitrogens with zero attached hydrogens (tertiary/aromatic N) is 1. The van der Waals surface area contributed by atoms with Crippen LogP contribution in [0.2, 0.25) is 0 Å². The van der Waals surface area contributed by atoms with Gasteiger partial charge in [0.25, 0.3) is 11.8 Å². The summed E-state index contributed by atoms with van der Waals surface area (Å²) in [7, 11) is -2.77. The molecular weight excluding hydrogens is 612 g/mol. The minimum atomic E-state index is -3.98. The largest absolute Gasteiger partial charge is 0.463 e. The number of carbonyl (C=O) groups is 4. The Hall–Kier alpha value is -4.81. The number of esters is 2. The third-order valence-electron chi connectivity index (χ3n) is 8.46. The molecule has 0 radical (unpaired) electrons. The molecule has 2 heterocycles. The van der Waals surface area contributed by atoms with Gasteiger partial charge >= 0.3 is 11.9 Å². The molecule has 3 atom stereocenters. The van der Waals surface area contributed by atoms with Gasteiger partial charge in [-0.05, 0) is 27.8 Å². The number of amides is 2. The highest BCUT2D eigenvalue weighted by Crippen LogP contribution is 2.44. The van der Waals surface area contributed by atoms with Gasteiger partial charge in [-0.25, -0.2) is 13.2 Å². The van der Waals surface area contributed by atoms with E-state index in [0.717, 1.165) is 39.6 Å². The van der Waals surface area contributed by atoms with E-state index in [1.165, 1.54) is 7.11 Å². The van der Waals surface area contributed by atoms with Gasteiger partial charge in [0.2, 0.25) is 0 Å². The first-order valence-corrected chi connectivity index (χ1v) is 16.4. The molecule has 0 aromatic heterocycles. The van der Waals surface area contributed by atoms with Crippen molar-refractivity contribution in [1.82, 2.24) is 10.2 Å². The number of hydrogen-bond donors (Lipinski definition) is 1. The van der Waals surface area contributed by atoms with Crippen molar-refractivity contribution in [2.45, 2.75) is 36.8 Å². The standard InChI is InChI=1S/C34H32N2O9S/c1-20(37)44-17-22-19-46(41,42)33-30(43-2)32(39)36(33)29(22)31(38)35-28(16-21-10-4-3-5-11-21)34(40)45-18-27-25-14-8-6-12-23(25)24-13-7-9-15-26(24)27/h3-15,27-28,30,33H,16-19H2,1-2H3,(H,35,38)/t28-,30-,33+/m0/s1. The molecule has 3 aliphatic rings. The maximum absolute atomic E-state index is 13.9. The van der Waals surface area contributed by atoms with Crippen molar-refractivity contribution >= 4 is 33.6 Å². The monoisotopic (exact) mass is 644 g/mol. The van der Waals surface area contributed by atoms with Gasteiger partial charge in [-0.2, -0.15) is 0 Å². The van der Waals surface area contributed by atoms with E-state index in [4.69, 9.17) is 14.2 Å². The predicted octanol–water partition coefficient (Wildman–Crippen LogP) is 2.50. The summed E-state index contributed by atoms with van der Waals surface area (Å²) in [5.74, 6) is -3.85. The van der Waals surface area contributed by atoms with Gasteiger partial charge in [-0.15, -0.1) is 0 Å². The minimum absolute atomic E-state index is 0.0227. The van der Waals surface area contributed by atoms with Gasteiger partial charge in [0.1, 0.15) is 25.0 Å². The lowest BCUT2D eigenvalue weighted by Gasteiger charge is -2.48. The van der Waals surface area contributed by atoms with E-state index in [1.807, 2.05) is 54.6 Å². The highest BCUT2D eigenvalue weighted by Gasteiger charge is 2.60. The van der Waals surface area contributed by atoms with Crippen LogP contribution in [0, 0.1) is 0 Å². The van der Waals surface area contributed by atoms with Crippen LogP contribution < -0.4 is 5.32 Å². The van der Waals surface area contributed by atoms with Gasteiger partial charge in [-0.3, -0.25) is 19.3 Å². The van der Waals surface area contributed by atoms with Gasteiger partial charge in [-0.1, -0.05) is 78.9 Å². The number of β-lactam (4-membered cyclic amide) rings is 1. The fourth-order valence-corrected chi connectivity index (χ4v) is 8.36. The number of nitrogens with one attached hydrogen (secondary N) is 1. The highest BCUT2D eigenvalue weighted by molar-refractivity contribution is 7.92. The Morgan fingerprint density at radius 3 is 2.13 bits per heavy atom. The minimum Gasteiger partial charge on any atom is -0.463 e. The summed E-state index contributed by atoms with van der Waals surface area (Å²) < 4.78 is 42.2. The SMILES string of the molecule is CO[C@H]1C(=O)N2C(C(=O)N[C@@H](Cc3ccccc3)C(=O)OCC3c4ccccc4-c4ccccc43)=C(COC(C)=O)CS(=O)(=O)[C@H]12. The molecule has 238 valence electrons. The molecule has 1 saturated heterocycles. The third-order valence-corrected chi connectivity index (χ3v) is 10.4. The molecule has 0 saturated carbocycles. The second-order valence-electron chi connectivity index (χ2n) is 11.4. The summed E-state index contributed by atoms with van der Waals surface area (Å²) >= 11 is 0. The van der Waals surface area contributed by atoms with Crippen LogP contribution >= 0.6 is 0 Å². The van der Waals surface area contributed by atoms with Crippen molar-refractivity contribution in [2.24, 2.45) is 0 Å². The zero-order valence-corrected chi connectivity index (χ0v) is 26.0. The average Bonchev–Trinajstić information content (AvgIpc) is 3.36. The van der Waals surface area contributed by atoms with Crippen LogP contribution in [0.25, 0.3) is 11.1 Å². The average molecular weight is 645 g/mol. The molecule has 0 bridgehead atoms. The summed E-state index contributed by atoms with van der Waals surface area (Å²) in [5, 5.41) is 1.27. The lowest BCUT2D eigenvalue weighted by Crippen LogP contribution is -2.71. The van der Waals surface area contributed by atoms with Crippen molar-refractivity contribution in [3.8, 4) is 11.1 Å². The molecule has 0 unspecified atom stereocenters. The Kier molecular flexibility index (Phi) is 8.49. The van der Waals surface area contributed by atoms with Gasteiger partial charge in [0, 0.05) is 31.9 Å². The highest BCUT2D eigenvalue weighted by atomic mass is 32.2. The first-order chi connectivity index (χ1) is 22.1. The summed E-state index contributed by atoms with van der Waals surface area (Å²) in [6, 6.07) is 23.6. The lowest BCUT2D eigenvalue weighted by atomic mass is 9.98. The van der Waals surface area contributed by atoms with Crippen molar-refractivity contribution < 1.29 is 41.8 Å². The van der Waals surface area contributed by atoms with E-state index >= 15 is 0 Å². The second-order valence-corrected chi connectivity index (χ2v) is 13.5. The Labute approximate surface area is 266 Å². The fourth-order valence-electron chi connectivity index (χ4n) is 6.35. The molecule has 2 amide bonds. The molecule has 3 aromatic carbocycles. The van der Waals surface area contributed by atoms with Crippen molar-refractivity contribution in [3.05, 3.63) is 107 Å². The van der Waals surface area contributed by atoms with Crippen LogP contribution in [0.15, 0.2) is 90.1 Å². The molecule has 11 nitrogen and oxygen atoms in total. The van der Waals surface area contributed by atoms with E-state index in [1.54, 1.807) is 24.3 Å². The molecule has 1 fully saturated rings. The Morgan fingerprint density at radius 2 is 1.52 bits per heavy atom. The number of fused-ring (bicyclic) bond motifs is 4. The van der Waals surface area contributed by atoms with Crippen LogP contribution in [-0.4, -0.2) is 80.7 Å². The number of benzene rings is 3. The first-order valence-electron chi connectivity index (χ1n) is 14.7. The molecule has 2 aliphatic heterocycles. The number of rotatable bonds is 10. The molecule has 46 heavy (non-hydrogen) atoms. The first kappa shape index (κ1) is 31.2. The third kappa shape index (κ3) is 5.69. The summed E-state index contributed by atoms with van der Waals surface area (Å²) in [4.78, 5) is 53.1. The molecular formula is C34H32N2O9S. The zero-order valence-electron chi connectivity index (χ0n) is 25.2. The quantitative estimate of drug-likeness (QED) is 0.260. The summed E-state index contributed by atoms with van der Waals surface area (Å²) in [6.45, 7) is 0.637. The molecule has 1 aliphatic carbocycles. The van der Waals surface area contributed by atoms with E-state index < -0.39 is 63.5 Å². The second kappa shape index (κ2) is 12.5. The zero-order chi connectivity index (χ0) is 32.6. The fraction of sp³-hybridized carbons (Fsp3) is 0.294. The van der Waals surface area contributed by atoms with E-state index in [0.29, 0.717) is 0 Å². The number of ether oxygens (including phenoxy) is 3. The maximum atomic E-state index is 13.9. The number of sulfone groups is 1. The van der Waals surface area contributed by atoms with Crippen LogP contribution in [0.1, 0.15) is 29.5 Å². The van der Waals surface area contributed by atoms with Gasteiger partial charge in [0.05, 0.1) is 5.75 Å². The number of methoxy groups -OCH3 is 1. The summed E-state index contributed by atoms with van der Waals surface area (Å²) in [6.07, 6.45) is -1.23. The Balaban J connectivity index is 1.29. The van der Waals surface area contributed by atoms with Gasteiger partial charge < -0.3 is 19.5 Å². The molecule has 0 spiro atoms. The lowest BCUT2D eigenvalue weighted by molar-refractivity contribution is -0.161. The predicted molar refractivity (Wildman–Crippen MR) is 166 cm³/mol. The normalized spacial score (nSPS) is 20.1. The van der Waals surface area contributed by atoms with Gasteiger partial charge in [0.15, 0.2) is 21.3 Å². The van der Waals surface area contributed by atoms with E-state index in [9.17, 15) is 27.6 Å². The molecule has 12 heteroatoms. The Morgan fingerprint density at radius 1 is 0.913 bits per heavy atom. The number of carbonyl (C=O) groups excluding carboxylic acids is 4. The van der Waals surface area contributed by atoms with E-state index in [2.05, 4.69) is 5.32 Å². The molecule has 1 N–H and O–H groups in total. The summed E-state index contributed by atoms with van der Waals surface area (Å²) in [5.41, 5.74) is 4.55. The molecule has 6 rings (SSSR count). The van der Waals surface area contributed by atoms with Crippen LogP contribution in [-0.2, 0) is 49.6 Å². The topological polar surface area (TPSA) is 145 Å². The smallest absolute Gasteiger partial charge is 0.329 e. The maximum Gasteiger partial charge on any atom is 0.329 e. The number of hydrogen-bond acceptors (Lipinski definition) is 9. The van der Waals surface area contributed by atoms with Crippen molar-refractivity contribution in [1.29, 1.82) is 0 Å². The van der Waals surface area contributed by atoms with E-state index in [-0.39, 0.29) is 30.2 Å². The van der Waals surface area contributed by atoms with Crippen LogP contribution in [0.4, 0.5) is 0 Å². The molecule has 3 aromatic rings. The van der Waals surface area contributed by atoms with Crippen LogP contribution in [0.5, 0.6) is 0 Å². The van der Waals surface area contributed by atoms with Crippen LogP contribution in [0.3, 0.4) is 0 Å². The van der Waals surface area contributed by atoms with Crippen molar-refractivity contribution in [2.75, 3.05) is 26.1 Å².